The summed E-state index contributed by atoms with van der Waals surface area (Å²) < 4.78 is 24.7. The largest absolute Gasteiger partial charge is 0.383 e. The molecule has 0 spiro atoms. The van der Waals surface area contributed by atoms with Crippen molar-refractivity contribution in [1.82, 2.24) is 4.98 Å². The second-order valence-electron chi connectivity index (χ2n) is 2.03. The molecule has 0 aliphatic rings. The van der Waals surface area contributed by atoms with Crippen molar-refractivity contribution >= 4 is 40.0 Å². The van der Waals surface area contributed by atoms with Gasteiger partial charge in [-0.25, -0.2) is 13.8 Å². The fourth-order valence-electron chi connectivity index (χ4n) is 0.648. The number of nitrogens with zero attached hydrogens (tertiary/aromatic N) is 1. The van der Waals surface area contributed by atoms with Gasteiger partial charge >= 0.3 is 0 Å². The van der Waals surface area contributed by atoms with Crippen molar-refractivity contribution < 1.29 is 8.78 Å². The summed E-state index contributed by atoms with van der Waals surface area (Å²) in [7, 11) is 0. The number of nitrogens with two attached hydrogens (primary N) is 1. The van der Waals surface area contributed by atoms with Crippen molar-refractivity contribution in [2.24, 2.45) is 0 Å². The van der Waals surface area contributed by atoms with Crippen LogP contribution in [-0.4, -0.2) is 4.98 Å². The molecular weight excluding hydrogens is 300 g/mol. The van der Waals surface area contributed by atoms with Crippen LogP contribution in [0.1, 0.15) is 12.1 Å². The standard InChI is InChI=1S/C6H4ClF2IN2/c7-2-1-3(5(8)9)12-6(11)4(2)10/h1,5H,(H2,11,12). The van der Waals surface area contributed by atoms with Gasteiger partial charge in [-0.05, 0) is 28.7 Å². The van der Waals surface area contributed by atoms with E-state index in [-0.39, 0.29) is 10.8 Å². The molecule has 0 unspecified atom stereocenters. The van der Waals surface area contributed by atoms with E-state index >= 15 is 0 Å². The van der Waals surface area contributed by atoms with Crippen LogP contribution in [0.25, 0.3) is 0 Å². The maximum atomic E-state index is 12.1. The van der Waals surface area contributed by atoms with Crippen molar-refractivity contribution in [2.45, 2.75) is 6.43 Å². The Morgan fingerprint density at radius 1 is 1.58 bits per heavy atom. The number of nitrogen functional groups attached to an aromatic ring is 1. The minimum atomic E-state index is -2.64. The Bertz CT molecular complexity index is 283. The Morgan fingerprint density at radius 3 is 2.58 bits per heavy atom. The fraction of sp³-hybridized carbons (Fsp3) is 0.167. The zero-order chi connectivity index (χ0) is 9.30. The summed E-state index contributed by atoms with van der Waals surface area (Å²) >= 11 is 7.45. The van der Waals surface area contributed by atoms with Gasteiger partial charge in [-0.3, -0.25) is 0 Å². The van der Waals surface area contributed by atoms with Crippen LogP contribution in [0.5, 0.6) is 0 Å². The van der Waals surface area contributed by atoms with Crippen molar-refractivity contribution in [3.05, 3.63) is 20.4 Å². The van der Waals surface area contributed by atoms with Crippen molar-refractivity contribution in [3.8, 4) is 0 Å². The zero-order valence-electron chi connectivity index (χ0n) is 5.69. The molecule has 0 aromatic carbocycles. The fourth-order valence-corrected chi connectivity index (χ4v) is 1.13. The quantitative estimate of drug-likeness (QED) is 0.810. The third-order valence-corrected chi connectivity index (χ3v) is 2.93. The second-order valence-corrected chi connectivity index (χ2v) is 3.51. The van der Waals surface area contributed by atoms with Gasteiger partial charge < -0.3 is 5.73 Å². The molecule has 1 rings (SSSR count). The van der Waals surface area contributed by atoms with E-state index in [1.54, 1.807) is 0 Å². The molecular formula is C6H4ClF2IN2. The molecule has 1 heterocycles. The molecule has 0 saturated heterocycles. The predicted molar refractivity (Wildman–Crippen MR) is 51.3 cm³/mol. The molecule has 0 radical (unpaired) electrons. The van der Waals surface area contributed by atoms with E-state index in [0.29, 0.717) is 3.57 Å². The van der Waals surface area contributed by atoms with Crippen LogP contribution in [0, 0.1) is 3.57 Å². The van der Waals surface area contributed by atoms with E-state index in [9.17, 15) is 8.78 Å². The minimum Gasteiger partial charge on any atom is -0.383 e. The van der Waals surface area contributed by atoms with Gasteiger partial charge in [0.15, 0.2) is 0 Å². The predicted octanol–water partition coefficient (Wildman–Crippen LogP) is 2.86. The van der Waals surface area contributed by atoms with Crippen LogP contribution in [0.4, 0.5) is 14.6 Å². The summed E-state index contributed by atoms with van der Waals surface area (Å²) in [5, 5.41) is 0.207. The van der Waals surface area contributed by atoms with Crippen LogP contribution in [0.3, 0.4) is 0 Å². The minimum absolute atomic E-state index is 0.0402. The third-order valence-electron chi connectivity index (χ3n) is 1.18. The topological polar surface area (TPSA) is 38.9 Å². The molecule has 0 atom stereocenters. The van der Waals surface area contributed by atoms with Gasteiger partial charge in [0.25, 0.3) is 6.43 Å². The first-order valence-corrected chi connectivity index (χ1v) is 4.37. The lowest BCUT2D eigenvalue weighted by Crippen LogP contribution is -1.99. The van der Waals surface area contributed by atoms with Crippen LogP contribution < -0.4 is 5.73 Å². The highest BCUT2D eigenvalue weighted by Gasteiger charge is 2.13. The van der Waals surface area contributed by atoms with Gasteiger partial charge in [-0.1, -0.05) is 11.6 Å². The number of anilines is 1. The molecule has 1 aromatic heterocycles. The molecule has 0 aliphatic carbocycles. The summed E-state index contributed by atoms with van der Waals surface area (Å²) in [6.45, 7) is 0. The van der Waals surface area contributed by atoms with Crippen LogP contribution in [-0.2, 0) is 0 Å². The molecule has 0 fully saturated rings. The number of hydrogen-bond donors (Lipinski definition) is 1. The van der Waals surface area contributed by atoms with Crippen LogP contribution >= 0.6 is 34.2 Å². The first-order valence-electron chi connectivity index (χ1n) is 2.92. The van der Waals surface area contributed by atoms with Gasteiger partial charge in [-0.15, -0.1) is 0 Å². The maximum absolute atomic E-state index is 12.1. The average Bonchev–Trinajstić information content (AvgIpc) is 1.99. The normalized spacial score (nSPS) is 10.8. The number of aromatic nitrogens is 1. The number of hydrogen-bond acceptors (Lipinski definition) is 2. The molecule has 2 N–H and O–H groups in total. The molecule has 6 heteroatoms. The summed E-state index contributed by atoms with van der Waals surface area (Å²) in [5.41, 5.74) is 4.93. The SMILES string of the molecule is Nc1nc(C(F)F)cc(Cl)c1I. The number of pyridine rings is 1. The van der Waals surface area contributed by atoms with Crippen molar-refractivity contribution in [2.75, 3.05) is 5.73 Å². The average molecular weight is 304 g/mol. The molecule has 0 amide bonds. The summed E-state index contributed by atoms with van der Waals surface area (Å²) in [4.78, 5) is 3.47. The van der Waals surface area contributed by atoms with Gasteiger partial charge in [-0.2, -0.15) is 0 Å². The van der Waals surface area contributed by atoms with Crippen molar-refractivity contribution in [3.63, 3.8) is 0 Å². The first kappa shape index (κ1) is 9.91. The summed E-state index contributed by atoms with van der Waals surface area (Å²) in [6.07, 6.45) is -2.64. The van der Waals surface area contributed by atoms with E-state index in [1.807, 2.05) is 22.6 Å². The van der Waals surface area contributed by atoms with E-state index < -0.39 is 12.1 Å². The highest BCUT2D eigenvalue weighted by Crippen LogP contribution is 2.27. The number of rotatable bonds is 1. The Balaban J connectivity index is 3.21. The van der Waals surface area contributed by atoms with E-state index in [1.165, 1.54) is 0 Å². The maximum Gasteiger partial charge on any atom is 0.280 e. The van der Waals surface area contributed by atoms with E-state index in [4.69, 9.17) is 17.3 Å². The number of halogens is 4. The lowest BCUT2D eigenvalue weighted by atomic mass is 10.3. The molecule has 2 nitrogen and oxygen atoms in total. The molecule has 66 valence electrons. The van der Waals surface area contributed by atoms with E-state index in [0.717, 1.165) is 6.07 Å². The Hall–Kier alpha value is -0.170. The van der Waals surface area contributed by atoms with Crippen molar-refractivity contribution in [1.29, 1.82) is 0 Å². The van der Waals surface area contributed by atoms with E-state index in [2.05, 4.69) is 4.98 Å². The smallest absolute Gasteiger partial charge is 0.280 e. The van der Waals surface area contributed by atoms with Crippen LogP contribution in [0.2, 0.25) is 5.02 Å². The second kappa shape index (κ2) is 3.69. The van der Waals surface area contributed by atoms with Crippen LogP contribution in [0.15, 0.2) is 6.07 Å². The summed E-state index contributed by atoms with van der Waals surface area (Å²) in [5.74, 6) is 0.0402. The van der Waals surface area contributed by atoms with Gasteiger partial charge in [0.1, 0.15) is 11.5 Å². The zero-order valence-corrected chi connectivity index (χ0v) is 8.60. The van der Waals surface area contributed by atoms with Gasteiger partial charge in [0.2, 0.25) is 0 Å². The Labute approximate surface area is 86.3 Å². The lowest BCUT2D eigenvalue weighted by molar-refractivity contribution is 0.146. The molecule has 0 bridgehead atoms. The Morgan fingerprint density at radius 2 is 2.17 bits per heavy atom. The molecule has 1 aromatic rings. The summed E-state index contributed by atoms with van der Waals surface area (Å²) in [6, 6.07) is 1.12. The number of alkyl halides is 2. The van der Waals surface area contributed by atoms with Gasteiger partial charge in [0, 0.05) is 0 Å². The third kappa shape index (κ3) is 1.95. The molecule has 0 aliphatic heterocycles. The molecule has 0 saturated carbocycles. The lowest BCUT2D eigenvalue weighted by Gasteiger charge is -2.03. The first-order chi connectivity index (χ1) is 5.52. The monoisotopic (exact) mass is 304 g/mol. The molecule has 12 heavy (non-hydrogen) atoms. The highest BCUT2D eigenvalue weighted by atomic mass is 127. The highest BCUT2D eigenvalue weighted by molar-refractivity contribution is 14.1. The van der Waals surface area contributed by atoms with Gasteiger partial charge in [0.05, 0.1) is 8.59 Å². The Kier molecular flexibility index (Phi) is 3.05.